The zero-order chi connectivity index (χ0) is 15.1. The molecule has 1 heterocycles. The molecule has 1 aromatic heterocycles. The largest absolute Gasteiger partial charge is 0.497 e. The van der Waals surface area contributed by atoms with Gasteiger partial charge in [0.15, 0.2) is 0 Å². The van der Waals surface area contributed by atoms with E-state index in [1.807, 2.05) is 41.8 Å². The summed E-state index contributed by atoms with van der Waals surface area (Å²) < 4.78 is 8.03. The van der Waals surface area contributed by atoms with Crippen LogP contribution in [-0.4, -0.2) is 16.7 Å². The maximum Gasteiger partial charge on any atom is 0.205 e. The Balaban J connectivity index is 2.34. The number of nitrogens with two attached hydrogens (primary N) is 1. The summed E-state index contributed by atoms with van der Waals surface area (Å²) in [5.74, 6) is 1.15. The predicted octanol–water partition coefficient (Wildman–Crippen LogP) is 4.34. The van der Waals surface area contributed by atoms with E-state index in [4.69, 9.17) is 22.1 Å². The first kappa shape index (κ1) is 14.2. The van der Waals surface area contributed by atoms with Gasteiger partial charge in [0.2, 0.25) is 5.95 Å². The summed E-state index contributed by atoms with van der Waals surface area (Å²) >= 11 is 9.81. The topological polar surface area (TPSA) is 53.1 Å². The number of ether oxygens (including phenoxy) is 1. The number of imidazole rings is 1. The molecule has 0 bridgehead atoms. The van der Waals surface area contributed by atoms with Crippen molar-refractivity contribution in [1.82, 2.24) is 9.55 Å². The van der Waals surface area contributed by atoms with Crippen molar-refractivity contribution in [3.63, 3.8) is 0 Å². The maximum atomic E-state index is 6.24. The van der Waals surface area contributed by atoms with E-state index in [1.165, 1.54) is 0 Å². The van der Waals surface area contributed by atoms with Crippen molar-refractivity contribution in [1.29, 1.82) is 0 Å². The molecule has 0 fully saturated rings. The van der Waals surface area contributed by atoms with Crippen LogP contribution in [0.5, 0.6) is 5.75 Å². The zero-order valence-electron chi connectivity index (χ0n) is 11.5. The fourth-order valence-electron chi connectivity index (χ4n) is 2.26. The van der Waals surface area contributed by atoms with Crippen LogP contribution < -0.4 is 10.5 Å². The highest BCUT2D eigenvalue weighted by Gasteiger charge is 2.14. The molecule has 3 aromatic rings. The number of aryl methyl sites for hydroxylation is 1. The summed E-state index contributed by atoms with van der Waals surface area (Å²) in [4.78, 5) is 4.38. The highest BCUT2D eigenvalue weighted by Crippen LogP contribution is 2.33. The molecule has 0 atom stereocenters. The summed E-state index contributed by atoms with van der Waals surface area (Å²) in [6.45, 7) is 1.95. The van der Waals surface area contributed by atoms with E-state index in [9.17, 15) is 0 Å². The van der Waals surface area contributed by atoms with Crippen molar-refractivity contribution < 1.29 is 4.74 Å². The molecule has 0 aliphatic carbocycles. The maximum absolute atomic E-state index is 6.24. The molecule has 6 heteroatoms. The number of halogens is 2. The first-order valence-corrected chi connectivity index (χ1v) is 7.46. The van der Waals surface area contributed by atoms with Crippen molar-refractivity contribution in [2.45, 2.75) is 6.92 Å². The van der Waals surface area contributed by atoms with Gasteiger partial charge in [0.1, 0.15) is 5.75 Å². The Hall–Kier alpha value is -1.72. The Morgan fingerprint density at radius 3 is 2.76 bits per heavy atom. The molecule has 3 rings (SSSR count). The predicted molar refractivity (Wildman–Crippen MR) is 89.5 cm³/mol. The summed E-state index contributed by atoms with van der Waals surface area (Å²) in [6, 6.07) is 9.47. The van der Waals surface area contributed by atoms with Gasteiger partial charge in [-0.05, 0) is 52.7 Å². The minimum absolute atomic E-state index is 0.402. The van der Waals surface area contributed by atoms with E-state index in [-0.39, 0.29) is 0 Å². The lowest BCUT2D eigenvalue weighted by molar-refractivity contribution is 0.415. The van der Waals surface area contributed by atoms with Gasteiger partial charge in [-0.25, -0.2) is 4.98 Å². The monoisotopic (exact) mass is 365 g/mol. The van der Waals surface area contributed by atoms with Crippen LogP contribution in [0.4, 0.5) is 5.95 Å². The Morgan fingerprint density at radius 1 is 1.29 bits per heavy atom. The number of fused-ring (bicyclic) bond motifs is 1. The number of benzene rings is 2. The molecule has 2 N–H and O–H groups in total. The van der Waals surface area contributed by atoms with Gasteiger partial charge >= 0.3 is 0 Å². The average Bonchev–Trinajstić information content (AvgIpc) is 2.78. The third kappa shape index (κ3) is 2.36. The van der Waals surface area contributed by atoms with Crippen molar-refractivity contribution in [3.8, 4) is 11.4 Å². The highest BCUT2D eigenvalue weighted by molar-refractivity contribution is 9.10. The lowest BCUT2D eigenvalue weighted by atomic mass is 10.2. The van der Waals surface area contributed by atoms with Crippen LogP contribution >= 0.6 is 27.5 Å². The van der Waals surface area contributed by atoms with E-state index in [0.717, 1.165) is 32.5 Å². The molecule has 0 saturated carbocycles. The standard InChI is InChI=1S/C15H13BrClN3O/c1-8-5-10(16)13(7-11(8)17)20-14-6-9(21-2)3-4-12(14)19-15(20)18/h3-7H,1-2H3,(H2,18,19). The summed E-state index contributed by atoms with van der Waals surface area (Å²) in [7, 11) is 1.63. The Kier molecular flexibility index (Phi) is 3.55. The van der Waals surface area contributed by atoms with E-state index < -0.39 is 0 Å². The van der Waals surface area contributed by atoms with Gasteiger partial charge in [0.05, 0.1) is 23.8 Å². The van der Waals surface area contributed by atoms with Crippen LogP contribution in [0.3, 0.4) is 0 Å². The second kappa shape index (κ2) is 5.24. The molecule has 2 aromatic carbocycles. The summed E-state index contributed by atoms with van der Waals surface area (Å²) in [5, 5.41) is 0.678. The normalized spacial score (nSPS) is 11.0. The third-order valence-corrected chi connectivity index (χ3v) is 4.40. The molecule has 108 valence electrons. The van der Waals surface area contributed by atoms with Crippen molar-refractivity contribution >= 4 is 44.5 Å². The van der Waals surface area contributed by atoms with Gasteiger partial charge in [-0.15, -0.1) is 0 Å². The van der Waals surface area contributed by atoms with Crippen LogP contribution in [0, 0.1) is 6.92 Å². The number of rotatable bonds is 2. The van der Waals surface area contributed by atoms with Crippen molar-refractivity contribution in [2.75, 3.05) is 12.8 Å². The van der Waals surface area contributed by atoms with Crippen molar-refractivity contribution in [3.05, 3.63) is 45.4 Å². The van der Waals surface area contributed by atoms with Crippen LogP contribution in [-0.2, 0) is 0 Å². The lowest BCUT2D eigenvalue weighted by Gasteiger charge is -2.11. The molecule has 0 saturated heterocycles. The molecule has 0 radical (unpaired) electrons. The zero-order valence-corrected chi connectivity index (χ0v) is 13.9. The Bertz CT molecular complexity index is 845. The molecular weight excluding hydrogens is 354 g/mol. The van der Waals surface area contributed by atoms with E-state index in [1.54, 1.807) is 7.11 Å². The molecule has 0 spiro atoms. The van der Waals surface area contributed by atoms with Crippen LogP contribution in [0.25, 0.3) is 16.7 Å². The fourth-order valence-corrected chi connectivity index (χ4v) is 3.05. The van der Waals surface area contributed by atoms with Gasteiger partial charge in [-0.2, -0.15) is 0 Å². The highest BCUT2D eigenvalue weighted by atomic mass is 79.9. The Morgan fingerprint density at radius 2 is 2.05 bits per heavy atom. The van der Waals surface area contributed by atoms with Gasteiger partial charge in [-0.3, -0.25) is 4.57 Å². The molecule has 0 aliphatic heterocycles. The number of anilines is 1. The Labute approximate surface area is 135 Å². The van der Waals surface area contributed by atoms with E-state index in [2.05, 4.69) is 20.9 Å². The first-order valence-electron chi connectivity index (χ1n) is 6.29. The van der Waals surface area contributed by atoms with E-state index >= 15 is 0 Å². The summed E-state index contributed by atoms with van der Waals surface area (Å²) in [6.07, 6.45) is 0. The number of aromatic nitrogens is 2. The van der Waals surface area contributed by atoms with Gasteiger partial charge < -0.3 is 10.5 Å². The lowest BCUT2D eigenvalue weighted by Crippen LogP contribution is -2.02. The van der Waals surface area contributed by atoms with E-state index in [0.29, 0.717) is 11.0 Å². The van der Waals surface area contributed by atoms with Crippen molar-refractivity contribution in [2.24, 2.45) is 0 Å². The number of hydrogen-bond acceptors (Lipinski definition) is 3. The number of methoxy groups -OCH3 is 1. The van der Waals surface area contributed by atoms with Crippen LogP contribution in [0.15, 0.2) is 34.8 Å². The molecule has 0 unspecified atom stereocenters. The molecule has 4 nitrogen and oxygen atoms in total. The van der Waals surface area contributed by atoms with Crippen LogP contribution in [0.1, 0.15) is 5.56 Å². The van der Waals surface area contributed by atoms with Crippen LogP contribution in [0.2, 0.25) is 5.02 Å². The van der Waals surface area contributed by atoms with Gasteiger partial charge in [-0.1, -0.05) is 11.6 Å². The van der Waals surface area contributed by atoms with Gasteiger partial charge in [0, 0.05) is 15.6 Å². The second-order valence-electron chi connectivity index (χ2n) is 4.71. The summed E-state index contributed by atoms with van der Waals surface area (Å²) in [5.41, 5.74) is 9.59. The average molecular weight is 367 g/mol. The molecular formula is C15H13BrClN3O. The molecule has 21 heavy (non-hydrogen) atoms. The first-order chi connectivity index (χ1) is 10.0. The SMILES string of the molecule is COc1ccc2nc(N)n(-c3cc(Cl)c(C)cc3Br)c2c1. The fraction of sp³-hybridized carbons (Fsp3) is 0.133. The minimum Gasteiger partial charge on any atom is -0.497 e. The third-order valence-electron chi connectivity index (χ3n) is 3.36. The molecule has 0 amide bonds. The minimum atomic E-state index is 0.402. The molecule has 0 aliphatic rings. The second-order valence-corrected chi connectivity index (χ2v) is 5.97. The number of nitrogen functional groups attached to an aromatic ring is 1. The quantitative estimate of drug-likeness (QED) is 0.734. The number of nitrogens with zero attached hydrogens (tertiary/aromatic N) is 2. The van der Waals surface area contributed by atoms with Gasteiger partial charge in [0.25, 0.3) is 0 Å². The number of hydrogen-bond donors (Lipinski definition) is 1. The smallest absolute Gasteiger partial charge is 0.205 e.